The van der Waals surface area contributed by atoms with E-state index in [1.54, 1.807) is 0 Å². The summed E-state index contributed by atoms with van der Waals surface area (Å²) in [6.45, 7) is 20.3. The van der Waals surface area contributed by atoms with Crippen LogP contribution < -0.4 is 9.64 Å². The van der Waals surface area contributed by atoms with Crippen molar-refractivity contribution in [3.8, 4) is 17.3 Å². The van der Waals surface area contributed by atoms with Crippen molar-refractivity contribution >= 4 is 33.2 Å². The lowest BCUT2D eigenvalue weighted by molar-refractivity contribution is 0.468. The van der Waals surface area contributed by atoms with E-state index in [9.17, 15) is 0 Å². The normalized spacial score (nSPS) is 16.1. The van der Waals surface area contributed by atoms with Gasteiger partial charge in [-0.3, -0.25) is 4.57 Å². The molecule has 5 heteroatoms. The zero-order valence-corrected chi connectivity index (χ0v) is 32.5. The van der Waals surface area contributed by atoms with Crippen LogP contribution in [0.1, 0.15) is 84.6 Å². The van der Waals surface area contributed by atoms with Crippen LogP contribution in [-0.4, -0.2) is 20.6 Å². The molecule has 0 saturated carbocycles. The Hall–Kier alpha value is -5.55. The van der Waals surface area contributed by atoms with Crippen molar-refractivity contribution in [2.45, 2.75) is 84.7 Å². The molecule has 268 valence electrons. The Morgan fingerprint density at radius 1 is 0.585 bits per heavy atom. The van der Waals surface area contributed by atoms with Gasteiger partial charge in [0.05, 0.1) is 16.7 Å². The Labute approximate surface area is 314 Å². The van der Waals surface area contributed by atoms with Gasteiger partial charge in [0, 0.05) is 46.7 Å². The summed E-state index contributed by atoms with van der Waals surface area (Å²) in [6, 6.07) is 35.0. The first kappa shape index (κ1) is 34.5. The minimum Gasteiger partial charge on any atom is -0.457 e. The lowest BCUT2D eigenvalue weighted by atomic mass is 9.85. The number of aromatic nitrogens is 2. The molecule has 0 saturated heterocycles. The Morgan fingerprint density at radius 3 is 2.04 bits per heavy atom. The van der Waals surface area contributed by atoms with Gasteiger partial charge in [-0.2, -0.15) is 0 Å². The molecule has 1 unspecified atom stereocenters. The fourth-order valence-corrected chi connectivity index (χ4v) is 7.44. The third-order valence-electron chi connectivity index (χ3n) is 10.6. The quantitative estimate of drug-likeness (QED) is 0.179. The van der Waals surface area contributed by atoms with Crippen molar-refractivity contribution in [1.29, 1.82) is 0 Å². The molecule has 6 aromatic rings. The van der Waals surface area contributed by atoms with Gasteiger partial charge in [0.15, 0.2) is 0 Å². The predicted octanol–water partition coefficient (Wildman–Crippen LogP) is 12.4. The van der Waals surface area contributed by atoms with Crippen molar-refractivity contribution in [1.82, 2.24) is 14.5 Å². The zero-order valence-electron chi connectivity index (χ0n) is 32.5. The third kappa shape index (κ3) is 6.43. The predicted molar refractivity (Wildman–Crippen MR) is 222 cm³/mol. The van der Waals surface area contributed by atoms with Crippen LogP contribution >= 0.6 is 0 Å². The summed E-state index contributed by atoms with van der Waals surface area (Å²) in [5, 5.41) is 2.36. The second kappa shape index (κ2) is 12.5. The van der Waals surface area contributed by atoms with Gasteiger partial charge < -0.3 is 14.5 Å². The molecule has 2 aromatic heterocycles. The van der Waals surface area contributed by atoms with E-state index in [1.807, 2.05) is 6.20 Å². The first-order valence-corrected chi connectivity index (χ1v) is 18.7. The van der Waals surface area contributed by atoms with Crippen LogP contribution in [0.5, 0.6) is 11.5 Å². The molecule has 0 radical (unpaired) electrons. The summed E-state index contributed by atoms with van der Waals surface area (Å²) < 4.78 is 9.12. The van der Waals surface area contributed by atoms with E-state index in [2.05, 4.69) is 204 Å². The maximum absolute atomic E-state index is 6.85. The SMILES string of the molecule is CC(C)(C)c1ccc(N2C=C(c3cc(Oc4ccc5c6ccccc6n(-c6cc(C(C)(C)C)ccn6)c5c4)cc(C(C)(C)C)c3)N3C=CC=CC32)cc1. The molecule has 0 fully saturated rings. The number of para-hydroxylation sites is 1. The van der Waals surface area contributed by atoms with Gasteiger partial charge in [-0.05, 0) is 106 Å². The molecule has 2 aliphatic heterocycles. The maximum atomic E-state index is 6.85. The largest absolute Gasteiger partial charge is 0.457 e. The van der Waals surface area contributed by atoms with E-state index >= 15 is 0 Å². The number of pyridine rings is 1. The fourth-order valence-electron chi connectivity index (χ4n) is 7.44. The summed E-state index contributed by atoms with van der Waals surface area (Å²) >= 11 is 0. The van der Waals surface area contributed by atoms with Gasteiger partial charge in [-0.1, -0.05) is 98.7 Å². The second-order valence-electron chi connectivity index (χ2n) is 17.5. The Balaban J connectivity index is 1.21. The topological polar surface area (TPSA) is 33.5 Å². The monoisotopic (exact) mass is 698 g/mol. The van der Waals surface area contributed by atoms with Gasteiger partial charge in [0.2, 0.25) is 0 Å². The van der Waals surface area contributed by atoms with E-state index in [4.69, 9.17) is 9.72 Å². The third-order valence-corrected chi connectivity index (χ3v) is 10.6. The minimum absolute atomic E-state index is 0.00344. The highest BCUT2D eigenvalue weighted by Crippen LogP contribution is 2.41. The molecule has 4 heterocycles. The Bertz CT molecular complexity index is 2440. The Morgan fingerprint density at radius 2 is 1.30 bits per heavy atom. The summed E-state index contributed by atoms with van der Waals surface area (Å²) in [5.41, 5.74) is 9.40. The Kier molecular flexibility index (Phi) is 8.17. The van der Waals surface area contributed by atoms with Crippen LogP contribution in [0.4, 0.5) is 5.69 Å². The van der Waals surface area contributed by atoms with Crippen molar-refractivity contribution in [2.75, 3.05) is 4.90 Å². The lowest BCUT2D eigenvalue weighted by Crippen LogP contribution is -2.36. The standard InChI is InChI=1S/C48H50N4O/c1-46(2,3)33-17-19-36(20-18-33)51-31-43(50-25-13-12-16-45(50)51)32-26-35(48(7,8)9)28-38(27-32)53-37-21-22-40-39-14-10-11-15-41(39)52(42(40)30-37)44-29-34(23-24-49-44)47(4,5)6/h10-31,45H,1-9H3. The molecule has 0 spiro atoms. The molecule has 0 amide bonds. The molecule has 0 N–H and O–H groups in total. The molecule has 53 heavy (non-hydrogen) atoms. The van der Waals surface area contributed by atoms with Crippen LogP contribution in [0.2, 0.25) is 0 Å². The van der Waals surface area contributed by atoms with Gasteiger partial charge in [0.1, 0.15) is 23.5 Å². The number of ether oxygens (including phenoxy) is 1. The van der Waals surface area contributed by atoms with Crippen LogP contribution in [0, 0.1) is 0 Å². The van der Waals surface area contributed by atoms with Crippen molar-refractivity contribution < 1.29 is 4.74 Å². The van der Waals surface area contributed by atoms with Crippen molar-refractivity contribution in [3.05, 3.63) is 156 Å². The van der Waals surface area contributed by atoms with E-state index in [1.165, 1.54) is 27.5 Å². The van der Waals surface area contributed by atoms with Crippen LogP contribution in [-0.2, 0) is 16.2 Å². The number of anilines is 1. The van der Waals surface area contributed by atoms with Gasteiger partial charge in [0.25, 0.3) is 0 Å². The number of allylic oxidation sites excluding steroid dienone is 2. The molecule has 5 nitrogen and oxygen atoms in total. The highest BCUT2D eigenvalue weighted by Gasteiger charge is 2.33. The molecule has 2 aliphatic rings. The molecule has 0 aliphatic carbocycles. The van der Waals surface area contributed by atoms with Crippen LogP contribution in [0.15, 0.2) is 134 Å². The number of rotatable bonds is 5. The number of benzene rings is 4. The summed E-state index contributed by atoms with van der Waals surface area (Å²) in [4.78, 5) is 9.59. The first-order valence-electron chi connectivity index (χ1n) is 18.7. The number of hydrogen-bond donors (Lipinski definition) is 0. The summed E-state index contributed by atoms with van der Waals surface area (Å²) in [7, 11) is 0. The van der Waals surface area contributed by atoms with Crippen LogP contribution in [0.25, 0.3) is 33.3 Å². The second-order valence-corrected chi connectivity index (χ2v) is 17.5. The summed E-state index contributed by atoms with van der Waals surface area (Å²) in [5.74, 6) is 2.50. The number of fused-ring (bicyclic) bond motifs is 4. The molecule has 0 bridgehead atoms. The van der Waals surface area contributed by atoms with Crippen LogP contribution in [0.3, 0.4) is 0 Å². The van der Waals surface area contributed by atoms with Gasteiger partial charge in [-0.25, -0.2) is 4.98 Å². The zero-order chi connectivity index (χ0) is 37.3. The molecular formula is C48H50N4O. The average molecular weight is 699 g/mol. The number of nitrogens with zero attached hydrogens (tertiary/aromatic N) is 4. The van der Waals surface area contributed by atoms with Crippen molar-refractivity contribution in [2.24, 2.45) is 0 Å². The molecule has 8 rings (SSSR count). The fraction of sp³-hybridized carbons (Fsp3) is 0.271. The molecule has 1 atom stereocenters. The average Bonchev–Trinajstić information content (AvgIpc) is 3.67. The summed E-state index contributed by atoms with van der Waals surface area (Å²) in [6.07, 6.45) is 12.9. The first-order chi connectivity index (χ1) is 25.1. The molecule has 4 aromatic carbocycles. The lowest BCUT2D eigenvalue weighted by Gasteiger charge is -2.32. The van der Waals surface area contributed by atoms with Gasteiger partial charge >= 0.3 is 0 Å². The number of hydrogen-bond acceptors (Lipinski definition) is 4. The van der Waals surface area contributed by atoms with E-state index in [-0.39, 0.29) is 22.4 Å². The minimum atomic E-state index is -0.0904. The smallest absolute Gasteiger partial charge is 0.137 e. The highest BCUT2D eigenvalue weighted by atomic mass is 16.5. The van der Waals surface area contributed by atoms with E-state index in [0.717, 1.165) is 45.3 Å². The van der Waals surface area contributed by atoms with Gasteiger partial charge in [-0.15, -0.1) is 0 Å². The molecular weight excluding hydrogens is 649 g/mol. The van der Waals surface area contributed by atoms with Crippen molar-refractivity contribution in [3.63, 3.8) is 0 Å². The maximum Gasteiger partial charge on any atom is 0.137 e. The van der Waals surface area contributed by atoms with E-state index in [0.29, 0.717) is 0 Å². The highest BCUT2D eigenvalue weighted by molar-refractivity contribution is 6.09. The van der Waals surface area contributed by atoms with E-state index < -0.39 is 0 Å².